The van der Waals surface area contributed by atoms with E-state index >= 15 is 0 Å². The lowest BCUT2D eigenvalue weighted by molar-refractivity contribution is 0.180. The van der Waals surface area contributed by atoms with Gasteiger partial charge in [-0.25, -0.2) is 0 Å². The molecule has 1 aromatic rings. The molecule has 0 aliphatic heterocycles. The normalized spacial score (nSPS) is 12.5. The summed E-state index contributed by atoms with van der Waals surface area (Å²) in [4.78, 5) is 4.47. The lowest BCUT2D eigenvalue weighted by Crippen LogP contribution is -2.39. The molecule has 1 unspecified atom stereocenters. The molecule has 6 heteroatoms. The van der Waals surface area contributed by atoms with E-state index in [1.165, 1.54) is 0 Å². The van der Waals surface area contributed by atoms with Gasteiger partial charge in [0.25, 0.3) is 0 Å². The van der Waals surface area contributed by atoms with Crippen LogP contribution in [0.25, 0.3) is 0 Å². The number of halogens is 1. The number of benzene rings is 1. The van der Waals surface area contributed by atoms with Crippen LogP contribution in [0, 0.1) is 5.92 Å². The maximum absolute atomic E-state index is 10.2. The number of nitrogens with one attached hydrogen (secondary N) is 2. The Bertz CT molecular complexity index is 453. The van der Waals surface area contributed by atoms with Crippen molar-refractivity contribution in [3.8, 4) is 5.75 Å². The van der Waals surface area contributed by atoms with E-state index in [0.29, 0.717) is 12.5 Å². The zero-order chi connectivity index (χ0) is 15.7. The van der Waals surface area contributed by atoms with E-state index in [1.54, 1.807) is 7.11 Å². The Balaban J connectivity index is 0.00000441. The first-order valence-corrected chi connectivity index (χ1v) is 7.41. The molecule has 0 spiro atoms. The average molecular weight is 421 g/mol. The molecule has 22 heavy (non-hydrogen) atoms. The van der Waals surface area contributed by atoms with Crippen molar-refractivity contribution in [3.05, 3.63) is 29.8 Å². The highest BCUT2D eigenvalue weighted by Gasteiger charge is 2.09. The fraction of sp³-hybridized carbons (Fsp3) is 0.562. The summed E-state index contributed by atoms with van der Waals surface area (Å²) in [6.45, 7) is 8.21. The van der Waals surface area contributed by atoms with Gasteiger partial charge in [-0.1, -0.05) is 26.0 Å². The maximum Gasteiger partial charge on any atom is 0.191 e. The Hall–Kier alpha value is -1.02. The summed E-state index contributed by atoms with van der Waals surface area (Å²) in [6.07, 6.45) is -0.608. The molecular formula is C16H28IN3O2. The topological polar surface area (TPSA) is 65.9 Å². The van der Waals surface area contributed by atoms with Gasteiger partial charge < -0.3 is 20.5 Å². The fourth-order valence-corrected chi connectivity index (χ4v) is 1.78. The predicted octanol–water partition coefficient (Wildman–Crippen LogP) is 2.56. The van der Waals surface area contributed by atoms with Gasteiger partial charge in [0, 0.05) is 19.6 Å². The van der Waals surface area contributed by atoms with Gasteiger partial charge in [0.05, 0.1) is 13.2 Å². The first kappa shape index (κ1) is 21.0. The molecule has 1 aromatic carbocycles. The van der Waals surface area contributed by atoms with E-state index in [1.807, 2.05) is 31.2 Å². The van der Waals surface area contributed by atoms with E-state index in [-0.39, 0.29) is 24.0 Å². The molecule has 1 atom stereocenters. The molecule has 126 valence electrons. The van der Waals surface area contributed by atoms with Gasteiger partial charge in [-0.05, 0) is 30.5 Å². The molecule has 0 saturated carbocycles. The number of rotatable bonds is 7. The summed E-state index contributed by atoms with van der Waals surface area (Å²) in [5.41, 5.74) is 0.821. The SMILES string of the molecule is CCNC(=NCC(C)C)NCC(O)c1cccc(OC)c1.I. The van der Waals surface area contributed by atoms with Gasteiger partial charge >= 0.3 is 0 Å². The Kier molecular flexibility index (Phi) is 11.0. The highest BCUT2D eigenvalue weighted by molar-refractivity contribution is 14.0. The van der Waals surface area contributed by atoms with Crippen LogP contribution in [-0.2, 0) is 0 Å². The van der Waals surface area contributed by atoms with Gasteiger partial charge in [-0.2, -0.15) is 0 Å². The van der Waals surface area contributed by atoms with Crippen molar-refractivity contribution >= 4 is 29.9 Å². The smallest absolute Gasteiger partial charge is 0.191 e. The van der Waals surface area contributed by atoms with Crippen LogP contribution in [-0.4, -0.2) is 37.8 Å². The first-order chi connectivity index (χ1) is 10.1. The van der Waals surface area contributed by atoms with Crippen molar-refractivity contribution in [2.45, 2.75) is 26.9 Å². The van der Waals surface area contributed by atoms with E-state index in [2.05, 4.69) is 29.5 Å². The van der Waals surface area contributed by atoms with Gasteiger partial charge in [-0.3, -0.25) is 4.99 Å². The quantitative estimate of drug-likeness (QED) is 0.360. The molecule has 0 heterocycles. The summed E-state index contributed by atoms with van der Waals surface area (Å²) >= 11 is 0. The largest absolute Gasteiger partial charge is 0.497 e. The highest BCUT2D eigenvalue weighted by Crippen LogP contribution is 2.18. The number of guanidine groups is 1. The summed E-state index contributed by atoms with van der Waals surface area (Å²) in [7, 11) is 1.62. The number of ether oxygens (including phenoxy) is 1. The average Bonchev–Trinajstić information content (AvgIpc) is 2.49. The van der Waals surface area contributed by atoms with Gasteiger partial charge in [0.1, 0.15) is 5.75 Å². The molecule has 0 saturated heterocycles. The fourth-order valence-electron chi connectivity index (χ4n) is 1.78. The zero-order valence-electron chi connectivity index (χ0n) is 13.8. The summed E-state index contributed by atoms with van der Waals surface area (Å²) < 4.78 is 5.17. The summed E-state index contributed by atoms with van der Waals surface area (Å²) in [5, 5.41) is 16.6. The third-order valence-corrected chi connectivity index (χ3v) is 2.90. The van der Waals surface area contributed by atoms with Gasteiger partial charge in [0.15, 0.2) is 5.96 Å². The monoisotopic (exact) mass is 421 g/mol. The van der Waals surface area contributed by atoms with Crippen LogP contribution >= 0.6 is 24.0 Å². The molecule has 0 bridgehead atoms. The standard InChI is InChI=1S/C16H27N3O2.HI/c1-5-17-16(18-10-12(2)3)19-11-15(20)13-7-6-8-14(9-13)21-4;/h6-9,12,15,20H,5,10-11H2,1-4H3,(H2,17,18,19);1H. The Morgan fingerprint density at radius 3 is 2.64 bits per heavy atom. The van der Waals surface area contributed by atoms with Crippen LogP contribution in [0.15, 0.2) is 29.3 Å². The first-order valence-electron chi connectivity index (χ1n) is 7.41. The molecule has 1 rings (SSSR count). The number of aliphatic hydroxyl groups is 1. The van der Waals surface area contributed by atoms with Crippen LogP contribution < -0.4 is 15.4 Å². The molecule has 0 radical (unpaired) electrons. The number of nitrogens with zero attached hydrogens (tertiary/aromatic N) is 1. The predicted molar refractivity (Wildman–Crippen MR) is 102 cm³/mol. The third-order valence-electron chi connectivity index (χ3n) is 2.90. The lowest BCUT2D eigenvalue weighted by Gasteiger charge is -2.16. The summed E-state index contributed by atoms with van der Waals surface area (Å²) in [5.74, 6) is 1.98. The minimum Gasteiger partial charge on any atom is -0.497 e. The lowest BCUT2D eigenvalue weighted by atomic mass is 10.1. The van der Waals surface area contributed by atoms with Crippen LogP contribution in [0.1, 0.15) is 32.4 Å². The molecule has 5 nitrogen and oxygen atoms in total. The van der Waals surface area contributed by atoms with Crippen molar-refractivity contribution in [1.29, 1.82) is 0 Å². The summed E-state index contributed by atoms with van der Waals surface area (Å²) in [6, 6.07) is 7.45. The number of aliphatic imine (C=N–C) groups is 1. The van der Waals surface area contributed by atoms with Gasteiger partial charge in [-0.15, -0.1) is 24.0 Å². The second-order valence-electron chi connectivity index (χ2n) is 5.29. The molecule has 3 N–H and O–H groups in total. The Labute approximate surface area is 150 Å². The number of methoxy groups -OCH3 is 1. The van der Waals surface area contributed by atoms with E-state index < -0.39 is 6.10 Å². The second kappa shape index (κ2) is 11.5. The van der Waals surface area contributed by atoms with Crippen LogP contribution in [0.4, 0.5) is 0 Å². The van der Waals surface area contributed by atoms with Crippen molar-refractivity contribution < 1.29 is 9.84 Å². The molecule has 0 aliphatic rings. The highest BCUT2D eigenvalue weighted by atomic mass is 127. The van der Waals surface area contributed by atoms with Crippen molar-refractivity contribution in [2.75, 3.05) is 26.7 Å². The second-order valence-corrected chi connectivity index (χ2v) is 5.29. The molecule has 0 aromatic heterocycles. The number of hydrogen-bond donors (Lipinski definition) is 3. The Morgan fingerprint density at radius 2 is 2.05 bits per heavy atom. The minimum atomic E-state index is -0.608. The van der Waals surface area contributed by atoms with Gasteiger partial charge in [0.2, 0.25) is 0 Å². The molecule has 0 amide bonds. The van der Waals surface area contributed by atoms with E-state index in [9.17, 15) is 5.11 Å². The molecular weight excluding hydrogens is 393 g/mol. The number of hydrogen-bond acceptors (Lipinski definition) is 3. The van der Waals surface area contributed by atoms with Crippen LogP contribution in [0.2, 0.25) is 0 Å². The van der Waals surface area contributed by atoms with Crippen LogP contribution in [0.5, 0.6) is 5.75 Å². The molecule has 0 fully saturated rings. The van der Waals surface area contributed by atoms with Crippen LogP contribution in [0.3, 0.4) is 0 Å². The van der Waals surface area contributed by atoms with Crippen molar-refractivity contribution in [2.24, 2.45) is 10.9 Å². The maximum atomic E-state index is 10.2. The minimum absolute atomic E-state index is 0. The molecule has 0 aliphatic carbocycles. The van der Waals surface area contributed by atoms with Crippen molar-refractivity contribution in [3.63, 3.8) is 0 Å². The zero-order valence-corrected chi connectivity index (χ0v) is 16.1. The van der Waals surface area contributed by atoms with E-state index in [0.717, 1.165) is 30.4 Å². The third kappa shape index (κ3) is 7.84. The van der Waals surface area contributed by atoms with E-state index in [4.69, 9.17) is 4.74 Å². The number of aliphatic hydroxyl groups excluding tert-OH is 1. The Morgan fingerprint density at radius 1 is 1.32 bits per heavy atom. The van der Waals surface area contributed by atoms with Crippen molar-refractivity contribution in [1.82, 2.24) is 10.6 Å².